The van der Waals surface area contributed by atoms with Gasteiger partial charge >= 0.3 is 0 Å². The van der Waals surface area contributed by atoms with E-state index in [1.807, 2.05) is 0 Å². The van der Waals surface area contributed by atoms with E-state index in [0.717, 1.165) is 0 Å². The van der Waals surface area contributed by atoms with Crippen molar-refractivity contribution < 1.29 is 9.84 Å². The van der Waals surface area contributed by atoms with Gasteiger partial charge in [-0.2, -0.15) is 5.26 Å². The predicted molar refractivity (Wildman–Crippen MR) is 51.3 cm³/mol. The van der Waals surface area contributed by atoms with Gasteiger partial charge in [-0.3, -0.25) is 0 Å². The summed E-state index contributed by atoms with van der Waals surface area (Å²) in [7, 11) is 1.53. The van der Waals surface area contributed by atoms with Crippen LogP contribution in [0.3, 0.4) is 0 Å². The fourth-order valence-electron chi connectivity index (χ4n) is 0.928. The molecule has 0 aliphatic heterocycles. The summed E-state index contributed by atoms with van der Waals surface area (Å²) in [4.78, 5) is 0. The number of aliphatic hydroxyl groups is 1. The van der Waals surface area contributed by atoms with Crippen molar-refractivity contribution in [3.63, 3.8) is 0 Å². The summed E-state index contributed by atoms with van der Waals surface area (Å²) in [5.74, 6) is 0.618. The molecule has 0 amide bonds. The van der Waals surface area contributed by atoms with Gasteiger partial charge in [0.15, 0.2) is 6.10 Å². The van der Waals surface area contributed by atoms with E-state index in [1.54, 1.807) is 24.3 Å². The van der Waals surface area contributed by atoms with Crippen LogP contribution in [-0.4, -0.2) is 12.2 Å². The number of hydrogen-bond donors (Lipinski definition) is 1. The van der Waals surface area contributed by atoms with Crippen LogP contribution < -0.4 is 4.74 Å². The van der Waals surface area contributed by atoms with Crippen molar-refractivity contribution >= 4 is 15.9 Å². The van der Waals surface area contributed by atoms with E-state index in [0.29, 0.717) is 15.8 Å². The van der Waals surface area contributed by atoms with Crippen molar-refractivity contribution in [1.29, 1.82) is 5.26 Å². The standard InChI is InChI=1S/C9H8BrNO2/c1-13-6-2-3-8(10)7(4-6)9(12)5-11/h2-4,9,12H,1H3. The zero-order valence-corrected chi connectivity index (χ0v) is 8.58. The molecule has 1 N–H and O–H groups in total. The van der Waals surface area contributed by atoms with Gasteiger partial charge in [0.2, 0.25) is 0 Å². The minimum Gasteiger partial charge on any atom is -0.497 e. The summed E-state index contributed by atoms with van der Waals surface area (Å²) < 4.78 is 5.66. The number of rotatable bonds is 2. The molecule has 4 heteroatoms. The van der Waals surface area contributed by atoms with Crippen LogP contribution in [0.1, 0.15) is 11.7 Å². The maximum absolute atomic E-state index is 9.28. The molecule has 13 heavy (non-hydrogen) atoms. The van der Waals surface area contributed by atoms with Crippen LogP contribution in [0.15, 0.2) is 22.7 Å². The van der Waals surface area contributed by atoms with Crippen LogP contribution in [0.5, 0.6) is 5.75 Å². The largest absolute Gasteiger partial charge is 0.497 e. The zero-order valence-electron chi connectivity index (χ0n) is 6.99. The Morgan fingerprint density at radius 3 is 2.85 bits per heavy atom. The second-order valence-corrected chi connectivity index (χ2v) is 3.27. The van der Waals surface area contributed by atoms with Crippen LogP contribution in [0, 0.1) is 11.3 Å². The van der Waals surface area contributed by atoms with Crippen molar-refractivity contribution in [3.05, 3.63) is 28.2 Å². The molecule has 0 saturated carbocycles. The first-order valence-corrected chi connectivity index (χ1v) is 4.39. The highest BCUT2D eigenvalue weighted by molar-refractivity contribution is 9.10. The lowest BCUT2D eigenvalue weighted by atomic mass is 10.1. The Morgan fingerprint density at radius 2 is 2.31 bits per heavy atom. The fraction of sp³-hybridized carbons (Fsp3) is 0.222. The number of nitrogens with zero attached hydrogens (tertiary/aromatic N) is 1. The lowest BCUT2D eigenvalue weighted by molar-refractivity contribution is 0.234. The van der Waals surface area contributed by atoms with E-state index in [4.69, 9.17) is 10.00 Å². The maximum atomic E-state index is 9.28. The third kappa shape index (κ3) is 2.20. The Morgan fingerprint density at radius 1 is 1.62 bits per heavy atom. The Bertz CT molecular complexity index is 346. The lowest BCUT2D eigenvalue weighted by Gasteiger charge is -2.07. The average molecular weight is 242 g/mol. The molecule has 68 valence electrons. The van der Waals surface area contributed by atoms with Crippen molar-refractivity contribution in [2.24, 2.45) is 0 Å². The van der Waals surface area contributed by atoms with E-state index in [1.165, 1.54) is 7.11 Å². The number of nitriles is 1. The summed E-state index contributed by atoms with van der Waals surface area (Å²) in [6, 6.07) is 6.84. The highest BCUT2D eigenvalue weighted by Gasteiger charge is 2.10. The van der Waals surface area contributed by atoms with Gasteiger partial charge in [0, 0.05) is 10.0 Å². The van der Waals surface area contributed by atoms with Gasteiger partial charge in [-0.25, -0.2) is 0 Å². The number of benzene rings is 1. The normalized spacial score (nSPS) is 11.8. The van der Waals surface area contributed by atoms with Gasteiger partial charge in [-0.15, -0.1) is 0 Å². The van der Waals surface area contributed by atoms with E-state index >= 15 is 0 Å². The Hall–Kier alpha value is -1.05. The molecule has 1 aromatic rings. The summed E-state index contributed by atoms with van der Waals surface area (Å²) in [5, 5.41) is 17.8. The molecule has 0 fully saturated rings. The molecule has 1 atom stereocenters. The molecule has 1 rings (SSSR count). The Labute approximate surface area is 84.7 Å². The molecule has 0 bridgehead atoms. The SMILES string of the molecule is COc1ccc(Br)c(C(O)C#N)c1. The quantitative estimate of drug-likeness (QED) is 0.807. The van der Waals surface area contributed by atoms with Gasteiger partial charge in [-0.05, 0) is 18.2 Å². The number of ether oxygens (including phenoxy) is 1. The topological polar surface area (TPSA) is 53.2 Å². The van der Waals surface area contributed by atoms with E-state index in [2.05, 4.69) is 15.9 Å². The smallest absolute Gasteiger partial charge is 0.167 e. The van der Waals surface area contributed by atoms with Crippen molar-refractivity contribution in [1.82, 2.24) is 0 Å². The minimum atomic E-state index is -1.12. The highest BCUT2D eigenvalue weighted by Crippen LogP contribution is 2.27. The van der Waals surface area contributed by atoms with Gasteiger partial charge in [-0.1, -0.05) is 15.9 Å². The van der Waals surface area contributed by atoms with Crippen LogP contribution in [-0.2, 0) is 0 Å². The molecule has 0 aliphatic rings. The molecule has 0 aliphatic carbocycles. The summed E-state index contributed by atoms with van der Waals surface area (Å²) >= 11 is 3.23. The van der Waals surface area contributed by atoms with Gasteiger partial charge in [0.25, 0.3) is 0 Å². The molecule has 3 nitrogen and oxygen atoms in total. The van der Waals surface area contributed by atoms with Crippen LogP contribution in [0.4, 0.5) is 0 Å². The van der Waals surface area contributed by atoms with Gasteiger partial charge in [0.05, 0.1) is 13.2 Å². The predicted octanol–water partition coefficient (Wildman–Crippen LogP) is 2.01. The monoisotopic (exact) mass is 241 g/mol. The molecule has 1 aromatic carbocycles. The molecular weight excluding hydrogens is 234 g/mol. The van der Waals surface area contributed by atoms with E-state index in [9.17, 15) is 5.11 Å². The maximum Gasteiger partial charge on any atom is 0.167 e. The summed E-state index contributed by atoms with van der Waals surface area (Å²) in [5.41, 5.74) is 0.516. The summed E-state index contributed by atoms with van der Waals surface area (Å²) in [6.07, 6.45) is -1.12. The van der Waals surface area contributed by atoms with Crippen molar-refractivity contribution in [2.45, 2.75) is 6.10 Å². The Balaban J connectivity index is 3.12. The molecule has 0 aromatic heterocycles. The van der Waals surface area contributed by atoms with Gasteiger partial charge < -0.3 is 9.84 Å². The molecular formula is C9H8BrNO2. The van der Waals surface area contributed by atoms with Crippen molar-refractivity contribution in [2.75, 3.05) is 7.11 Å². The number of hydrogen-bond acceptors (Lipinski definition) is 3. The zero-order chi connectivity index (χ0) is 9.84. The number of aliphatic hydroxyl groups excluding tert-OH is 1. The first kappa shape index (κ1) is 10.0. The third-order valence-corrected chi connectivity index (χ3v) is 2.34. The minimum absolute atomic E-state index is 0.516. The number of halogens is 1. The molecule has 1 unspecified atom stereocenters. The second kappa shape index (κ2) is 4.26. The molecule has 0 spiro atoms. The van der Waals surface area contributed by atoms with Crippen LogP contribution >= 0.6 is 15.9 Å². The third-order valence-electron chi connectivity index (χ3n) is 1.62. The number of methoxy groups -OCH3 is 1. The van der Waals surface area contributed by atoms with Crippen LogP contribution in [0.2, 0.25) is 0 Å². The lowest BCUT2D eigenvalue weighted by Crippen LogP contribution is -1.95. The fourth-order valence-corrected chi connectivity index (χ4v) is 1.39. The first-order valence-electron chi connectivity index (χ1n) is 3.60. The highest BCUT2D eigenvalue weighted by atomic mass is 79.9. The second-order valence-electron chi connectivity index (χ2n) is 2.42. The van der Waals surface area contributed by atoms with E-state index < -0.39 is 6.10 Å². The molecule has 0 saturated heterocycles. The van der Waals surface area contributed by atoms with Crippen molar-refractivity contribution in [3.8, 4) is 11.8 Å². The Kier molecular flexibility index (Phi) is 3.29. The first-order chi connectivity index (χ1) is 6.19. The average Bonchev–Trinajstić information content (AvgIpc) is 2.17. The van der Waals surface area contributed by atoms with E-state index in [-0.39, 0.29) is 0 Å². The summed E-state index contributed by atoms with van der Waals surface area (Å²) in [6.45, 7) is 0. The van der Waals surface area contributed by atoms with Gasteiger partial charge in [0.1, 0.15) is 5.75 Å². The van der Waals surface area contributed by atoms with Crippen LogP contribution in [0.25, 0.3) is 0 Å². The molecule has 0 heterocycles. The molecule has 0 radical (unpaired) electrons.